The molecule has 5 heteroatoms. The van der Waals surface area contributed by atoms with E-state index in [2.05, 4.69) is 44.2 Å². The van der Waals surface area contributed by atoms with E-state index >= 15 is 0 Å². The van der Waals surface area contributed by atoms with Gasteiger partial charge in [0.25, 0.3) is 0 Å². The minimum atomic E-state index is -0.0390. The van der Waals surface area contributed by atoms with Gasteiger partial charge in [0.2, 0.25) is 5.91 Å². The number of aryl methyl sites for hydroxylation is 1. The Morgan fingerprint density at radius 1 is 1.23 bits per heavy atom. The highest BCUT2D eigenvalue weighted by molar-refractivity contribution is 8.14. The Bertz CT molecular complexity index is 840. The van der Waals surface area contributed by atoms with Crippen LogP contribution in [0.2, 0.25) is 0 Å². The SMILES string of the molecule is CCC1CSC(=Nc2cccc(C)c2)N1C(=O)C1Cc2ccccc2S1. The molecule has 2 aromatic rings. The van der Waals surface area contributed by atoms with Crippen molar-refractivity contribution in [3.63, 3.8) is 0 Å². The normalized spacial score (nSPS) is 23.5. The van der Waals surface area contributed by atoms with Crippen molar-refractivity contribution >= 4 is 40.3 Å². The Hall–Kier alpha value is -1.72. The molecule has 0 spiro atoms. The van der Waals surface area contributed by atoms with Crippen molar-refractivity contribution < 1.29 is 4.79 Å². The second-order valence-electron chi connectivity index (χ2n) is 6.73. The highest BCUT2D eigenvalue weighted by Crippen LogP contribution is 2.39. The summed E-state index contributed by atoms with van der Waals surface area (Å²) < 4.78 is 0. The van der Waals surface area contributed by atoms with Gasteiger partial charge in [-0.05, 0) is 49.1 Å². The smallest absolute Gasteiger partial charge is 0.242 e. The molecule has 2 atom stereocenters. The summed E-state index contributed by atoms with van der Waals surface area (Å²) in [5, 5.41) is 0.812. The third-order valence-electron chi connectivity index (χ3n) is 4.83. The van der Waals surface area contributed by atoms with Gasteiger partial charge < -0.3 is 0 Å². The quantitative estimate of drug-likeness (QED) is 0.744. The number of benzene rings is 2. The van der Waals surface area contributed by atoms with E-state index in [4.69, 9.17) is 4.99 Å². The zero-order chi connectivity index (χ0) is 18.1. The number of nitrogens with zero attached hydrogens (tertiary/aromatic N) is 2. The van der Waals surface area contributed by atoms with Gasteiger partial charge in [-0.15, -0.1) is 11.8 Å². The van der Waals surface area contributed by atoms with Gasteiger partial charge in [0.05, 0.1) is 10.9 Å². The maximum atomic E-state index is 13.4. The molecular formula is C21H22N2OS2. The summed E-state index contributed by atoms with van der Waals surface area (Å²) in [4.78, 5) is 21.4. The molecule has 0 aliphatic carbocycles. The molecule has 26 heavy (non-hydrogen) atoms. The summed E-state index contributed by atoms with van der Waals surface area (Å²) >= 11 is 3.40. The van der Waals surface area contributed by atoms with E-state index in [0.29, 0.717) is 0 Å². The van der Waals surface area contributed by atoms with Gasteiger partial charge in [-0.1, -0.05) is 49.0 Å². The molecule has 0 aromatic heterocycles. The fourth-order valence-electron chi connectivity index (χ4n) is 3.41. The van der Waals surface area contributed by atoms with Crippen LogP contribution in [-0.2, 0) is 11.2 Å². The monoisotopic (exact) mass is 382 g/mol. The standard InChI is InChI=1S/C21H22N2OS2/c1-3-17-13-25-21(22-16-9-6-7-14(2)11-16)23(17)20(24)19-12-15-8-4-5-10-18(15)26-19/h4-11,17,19H,3,12-13H2,1-2H3. The van der Waals surface area contributed by atoms with Crippen LogP contribution in [0.25, 0.3) is 0 Å². The number of hydrogen-bond acceptors (Lipinski definition) is 4. The maximum Gasteiger partial charge on any atom is 0.242 e. The van der Waals surface area contributed by atoms with Crippen LogP contribution in [0.15, 0.2) is 58.4 Å². The minimum absolute atomic E-state index is 0.0390. The zero-order valence-corrected chi connectivity index (χ0v) is 16.6. The van der Waals surface area contributed by atoms with E-state index in [9.17, 15) is 4.79 Å². The lowest BCUT2D eigenvalue weighted by Crippen LogP contribution is -2.43. The number of amides is 1. The van der Waals surface area contributed by atoms with Crippen LogP contribution in [0.1, 0.15) is 24.5 Å². The van der Waals surface area contributed by atoms with Gasteiger partial charge in [0.15, 0.2) is 5.17 Å². The number of rotatable bonds is 3. The Morgan fingerprint density at radius 3 is 2.85 bits per heavy atom. The lowest BCUT2D eigenvalue weighted by Gasteiger charge is -2.25. The van der Waals surface area contributed by atoms with Gasteiger partial charge in [-0.25, -0.2) is 4.99 Å². The molecule has 2 unspecified atom stereocenters. The predicted molar refractivity (Wildman–Crippen MR) is 111 cm³/mol. The summed E-state index contributed by atoms with van der Waals surface area (Å²) in [7, 11) is 0. The Balaban J connectivity index is 1.60. The van der Waals surface area contributed by atoms with Crippen LogP contribution < -0.4 is 0 Å². The van der Waals surface area contributed by atoms with E-state index in [0.717, 1.165) is 29.4 Å². The molecule has 4 rings (SSSR count). The summed E-state index contributed by atoms with van der Waals surface area (Å²) in [6.45, 7) is 4.22. The minimum Gasteiger partial charge on any atom is -0.286 e. The Kier molecular flexibility index (Phi) is 5.09. The lowest BCUT2D eigenvalue weighted by atomic mass is 10.1. The van der Waals surface area contributed by atoms with Gasteiger partial charge in [0, 0.05) is 16.7 Å². The molecule has 0 radical (unpaired) electrons. The first-order valence-corrected chi connectivity index (χ1v) is 10.9. The number of aliphatic imine (C=N–C) groups is 1. The fraction of sp³-hybridized carbons (Fsp3) is 0.333. The van der Waals surface area contributed by atoms with Crippen LogP contribution in [0.5, 0.6) is 0 Å². The van der Waals surface area contributed by atoms with Crippen LogP contribution in [0, 0.1) is 6.92 Å². The number of amidine groups is 1. The van der Waals surface area contributed by atoms with E-state index in [1.54, 1.807) is 23.5 Å². The molecule has 134 valence electrons. The molecule has 2 aliphatic heterocycles. The van der Waals surface area contributed by atoms with Crippen molar-refractivity contribution in [1.82, 2.24) is 4.90 Å². The number of fused-ring (bicyclic) bond motifs is 1. The van der Waals surface area contributed by atoms with Crippen LogP contribution in [0.3, 0.4) is 0 Å². The van der Waals surface area contributed by atoms with Gasteiger partial charge in [0.1, 0.15) is 0 Å². The van der Waals surface area contributed by atoms with Gasteiger partial charge in [-0.3, -0.25) is 9.69 Å². The van der Waals surface area contributed by atoms with Crippen LogP contribution in [0.4, 0.5) is 5.69 Å². The van der Waals surface area contributed by atoms with Crippen LogP contribution >= 0.6 is 23.5 Å². The summed E-state index contributed by atoms with van der Waals surface area (Å²) in [5.41, 5.74) is 3.39. The first kappa shape index (κ1) is 17.7. The van der Waals surface area contributed by atoms with Crippen molar-refractivity contribution in [3.05, 3.63) is 59.7 Å². The number of carbonyl (C=O) groups is 1. The number of thioether (sulfide) groups is 2. The average Bonchev–Trinajstić information content (AvgIpc) is 3.25. The largest absolute Gasteiger partial charge is 0.286 e. The first-order chi connectivity index (χ1) is 12.7. The molecule has 3 nitrogen and oxygen atoms in total. The van der Waals surface area contributed by atoms with Crippen molar-refractivity contribution in [2.75, 3.05) is 5.75 Å². The van der Waals surface area contributed by atoms with E-state index < -0.39 is 0 Å². The Labute approximate surface area is 163 Å². The molecule has 1 fully saturated rings. The van der Waals surface area contributed by atoms with Gasteiger partial charge in [-0.2, -0.15) is 0 Å². The number of carbonyl (C=O) groups excluding carboxylic acids is 1. The molecule has 0 saturated carbocycles. The van der Waals surface area contributed by atoms with Crippen molar-refractivity contribution in [2.24, 2.45) is 4.99 Å². The van der Waals surface area contributed by atoms with Crippen molar-refractivity contribution in [1.29, 1.82) is 0 Å². The number of hydrogen-bond donors (Lipinski definition) is 0. The van der Waals surface area contributed by atoms with E-state index in [1.165, 1.54) is 16.0 Å². The molecule has 2 aromatic carbocycles. The predicted octanol–water partition coefficient (Wildman–Crippen LogP) is 5.05. The van der Waals surface area contributed by atoms with Crippen LogP contribution in [-0.4, -0.2) is 33.0 Å². The highest BCUT2D eigenvalue weighted by Gasteiger charge is 2.39. The maximum absolute atomic E-state index is 13.4. The molecule has 2 aliphatic rings. The molecular weight excluding hydrogens is 360 g/mol. The molecule has 1 saturated heterocycles. The lowest BCUT2D eigenvalue weighted by molar-refractivity contribution is -0.127. The average molecular weight is 383 g/mol. The molecule has 0 bridgehead atoms. The summed E-state index contributed by atoms with van der Waals surface area (Å²) in [6, 6.07) is 16.7. The highest BCUT2D eigenvalue weighted by atomic mass is 32.2. The second-order valence-corrected chi connectivity index (χ2v) is 8.96. The third kappa shape index (κ3) is 3.42. The molecule has 0 N–H and O–H groups in total. The third-order valence-corrected chi connectivity index (χ3v) is 7.24. The van der Waals surface area contributed by atoms with E-state index in [-0.39, 0.29) is 17.2 Å². The van der Waals surface area contributed by atoms with Crippen molar-refractivity contribution in [2.45, 2.75) is 42.9 Å². The molecule has 1 amide bonds. The second kappa shape index (κ2) is 7.49. The van der Waals surface area contributed by atoms with Gasteiger partial charge >= 0.3 is 0 Å². The zero-order valence-electron chi connectivity index (χ0n) is 15.0. The summed E-state index contributed by atoms with van der Waals surface area (Å²) in [6.07, 6.45) is 1.77. The Morgan fingerprint density at radius 2 is 2.08 bits per heavy atom. The van der Waals surface area contributed by atoms with Crippen molar-refractivity contribution in [3.8, 4) is 0 Å². The molecule has 2 heterocycles. The topological polar surface area (TPSA) is 32.7 Å². The first-order valence-electron chi connectivity index (χ1n) is 9.01. The summed E-state index contributed by atoms with van der Waals surface area (Å²) in [5.74, 6) is 1.13. The van der Waals surface area contributed by atoms with E-state index in [1.807, 2.05) is 23.1 Å². The fourth-order valence-corrected chi connectivity index (χ4v) is 5.93.